The molecule has 0 atom stereocenters. The van der Waals surface area contributed by atoms with Gasteiger partial charge in [-0.15, -0.1) is 0 Å². The predicted octanol–water partition coefficient (Wildman–Crippen LogP) is 0.421. The molecule has 0 heterocycles. The van der Waals surface area contributed by atoms with Crippen LogP contribution >= 0.6 is 0 Å². The van der Waals surface area contributed by atoms with Gasteiger partial charge in [-0.25, -0.2) is 8.42 Å². The van der Waals surface area contributed by atoms with E-state index < -0.39 is 15.9 Å². The third-order valence-corrected chi connectivity index (χ3v) is 4.85. The molecule has 1 aromatic carbocycles. The average molecular weight is 299 g/mol. The number of carbonyl (C=O) groups is 1. The third kappa shape index (κ3) is 4.03. The van der Waals surface area contributed by atoms with Crippen molar-refractivity contribution >= 4 is 15.9 Å². The number of benzene rings is 1. The van der Waals surface area contributed by atoms with Gasteiger partial charge in [-0.2, -0.15) is 4.31 Å². The molecule has 6 nitrogen and oxygen atoms in total. The average Bonchev–Trinajstić information content (AvgIpc) is 2.42. The van der Waals surface area contributed by atoms with Crippen molar-refractivity contribution < 1.29 is 13.2 Å². The SMILES string of the molecule is CCCCN(CC(N)=O)S(=O)(=O)c1ccccc1CN. The Labute approximate surface area is 119 Å². The van der Waals surface area contributed by atoms with Crippen LogP contribution in [0.4, 0.5) is 0 Å². The second kappa shape index (κ2) is 7.37. The van der Waals surface area contributed by atoms with Crippen LogP contribution in [0.15, 0.2) is 29.2 Å². The molecule has 20 heavy (non-hydrogen) atoms. The molecule has 0 saturated carbocycles. The van der Waals surface area contributed by atoms with Crippen molar-refractivity contribution in [3.63, 3.8) is 0 Å². The molecule has 0 aliphatic heterocycles. The summed E-state index contributed by atoms with van der Waals surface area (Å²) in [7, 11) is -3.76. The molecule has 0 aliphatic carbocycles. The summed E-state index contributed by atoms with van der Waals surface area (Å²) in [5.41, 5.74) is 11.2. The van der Waals surface area contributed by atoms with E-state index >= 15 is 0 Å². The second-order valence-corrected chi connectivity index (χ2v) is 6.38. The lowest BCUT2D eigenvalue weighted by Gasteiger charge is -2.21. The van der Waals surface area contributed by atoms with Gasteiger partial charge in [0.25, 0.3) is 0 Å². The minimum absolute atomic E-state index is 0.119. The van der Waals surface area contributed by atoms with Gasteiger partial charge in [-0.3, -0.25) is 4.79 Å². The number of carbonyl (C=O) groups excluding carboxylic acids is 1. The third-order valence-electron chi connectivity index (χ3n) is 2.90. The van der Waals surface area contributed by atoms with Crippen LogP contribution in [0, 0.1) is 0 Å². The van der Waals surface area contributed by atoms with Crippen molar-refractivity contribution in [2.24, 2.45) is 11.5 Å². The quantitative estimate of drug-likeness (QED) is 0.725. The lowest BCUT2D eigenvalue weighted by Crippen LogP contribution is -2.39. The fourth-order valence-electron chi connectivity index (χ4n) is 1.86. The molecular formula is C13H21N3O3S. The van der Waals surface area contributed by atoms with Crippen molar-refractivity contribution in [3.05, 3.63) is 29.8 Å². The standard InChI is InChI=1S/C13H21N3O3S/c1-2-3-8-16(10-13(15)17)20(18,19)12-7-5-4-6-11(12)9-14/h4-7H,2-3,8-10,14H2,1H3,(H2,15,17). The molecule has 0 saturated heterocycles. The van der Waals surface area contributed by atoms with Crippen molar-refractivity contribution in [2.75, 3.05) is 13.1 Å². The molecular weight excluding hydrogens is 278 g/mol. The minimum Gasteiger partial charge on any atom is -0.369 e. The molecule has 112 valence electrons. The van der Waals surface area contributed by atoms with Crippen LogP contribution in [0.5, 0.6) is 0 Å². The van der Waals surface area contributed by atoms with Gasteiger partial charge in [0.15, 0.2) is 0 Å². The van der Waals surface area contributed by atoms with Gasteiger partial charge >= 0.3 is 0 Å². The zero-order valence-electron chi connectivity index (χ0n) is 11.6. The Morgan fingerprint density at radius 2 is 1.95 bits per heavy atom. The zero-order chi connectivity index (χ0) is 15.2. The van der Waals surface area contributed by atoms with E-state index in [1.165, 1.54) is 6.07 Å². The Morgan fingerprint density at radius 1 is 1.30 bits per heavy atom. The van der Waals surface area contributed by atoms with Crippen LogP contribution in [0.1, 0.15) is 25.3 Å². The first-order valence-electron chi connectivity index (χ1n) is 6.50. The molecule has 0 radical (unpaired) electrons. The van der Waals surface area contributed by atoms with Gasteiger partial charge in [0.1, 0.15) is 0 Å². The van der Waals surface area contributed by atoms with Gasteiger partial charge in [-0.05, 0) is 18.1 Å². The van der Waals surface area contributed by atoms with Gasteiger partial charge < -0.3 is 11.5 Å². The number of hydrogen-bond donors (Lipinski definition) is 2. The normalized spacial score (nSPS) is 11.8. The van der Waals surface area contributed by atoms with Crippen molar-refractivity contribution in [3.8, 4) is 0 Å². The number of nitrogens with two attached hydrogens (primary N) is 2. The van der Waals surface area contributed by atoms with Gasteiger partial charge in [0.05, 0.1) is 11.4 Å². The zero-order valence-corrected chi connectivity index (χ0v) is 12.4. The summed E-state index contributed by atoms with van der Waals surface area (Å²) in [6.07, 6.45) is 1.49. The lowest BCUT2D eigenvalue weighted by molar-refractivity contribution is -0.118. The second-order valence-electron chi connectivity index (χ2n) is 4.47. The first kappa shape index (κ1) is 16.6. The summed E-state index contributed by atoms with van der Waals surface area (Å²) in [6, 6.07) is 6.52. The number of rotatable bonds is 8. The van der Waals surface area contributed by atoms with Crippen LogP contribution in [-0.4, -0.2) is 31.7 Å². The molecule has 0 aromatic heterocycles. The van der Waals surface area contributed by atoms with Gasteiger partial charge in [0, 0.05) is 13.1 Å². The summed E-state index contributed by atoms with van der Waals surface area (Å²) < 4.78 is 26.4. The number of amides is 1. The van der Waals surface area contributed by atoms with Crippen molar-refractivity contribution in [1.82, 2.24) is 4.31 Å². The molecule has 1 amide bonds. The maximum atomic E-state index is 12.6. The smallest absolute Gasteiger partial charge is 0.243 e. The van der Waals surface area contributed by atoms with Crippen molar-refractivity contribution in [1.29, 1.82) is 0 Å². The Morgan fingerprint density at radius 3 is 2.50 bits per heavy atom. The fraction of sp³-hybridized carbons (Fsp3) is 0.462. The first-order valence-corrected chi connectivity index (χ1v) is 7.94. The van der Waals surface area contributed by atoms with E-state index in [-0.39, 0.29) is 24.5 Å². The highest BCUT2D eigenvalue weighted by atomic mass is 32.2. The minimum atomic E-state index is -3.76. The van der Waals surface area contributed by atoms with Crippen LogP contribution in [-0.2, 0) is 21.4 Å². The molecule has 4 N–H and O–H groups in total. The monoisotopic (exact) mass is 299 g/mol. The molecule has 1 rings (SSSR count). The Balaban J connectivity index is 3.17. The predicted molar refractivity (Wildman–Crippen MR) is 77.2 cm³/mol. The van der Waals surface area contributed by atoms with E-state index in [9.17, 15) is 13.2 Å². The van der Waals surface area contributed by atoms with Gasteiger partial charge in [0.2, 0.25) is 15.9 Å². The number of hydrogen-bond acceptors (Lipinski definition) is 4. The maximum Gasteiger partial charge on any atom is 0.243 e. The summed E-state index contributed by atoms with van der Waals surface area (Å²) in [6.45, 7) is 2.01. The molecule has 0 aliphatic rings. The Kier molecular flexibility index (Phi) is 6.12. The highest BCUT2D eigenvalue weighted by Crippen LogP contribution is 2.20. The molecule has 0 spiro atoms. The van der Waals surface area contributed by atoms with Crippen LogP contribution in [0.2, 0.25) is 0 Å². The summed E-state index contributed by atoms with van der Waals surface area (Å²) in [5.74, 6) is -0.671. The summed E-state index contributed by atoms with van der Waals surface area (Å²) in [5, 5.41) is 0. The Hall–Kier alpha value is -1.44. The van der Waals surface area contributed by atoms with Crippen LogP contribution in [0.25, 0.3) is 0 Å². The van der Waals surface area contributed by atoms with E-state index in [4.69, 9.17) is 11.5 Å². The molecule has 0 bridgehead atoms. The summed E-state index contributed by atoms with van der Waals surface area (Å²) in [4.78, 5) is 11.2. The molecule has 1 aromatic rings. The maximum absolute atomic E-state index is 12.6. The fourth-order valence-corrected chi connectivity index (χ4v) is 3.53. The molecule has 0 unspecified atom stereocenters. The topological polar surface area (TPSA) is 106 Å². The van der Waals surface area contributed by atoms with Crippen LogP contribution < -0.4 is 11.5 Å². The van der Waals surface area contributed by atoms with E-state index in [0.29, 0.717) is 12.0 Å². The van der Waals surface area contributed by atoms with E-state index in [1.807, 2.05) is 6.92 Å². The van der Waals surface area contributed by atoms with Crippen molar-refractivity contribution in [2.45, 2.75) is 31.2 Å². The Bertz CT molecular complexity index is 558. The lowest BCUT2D eigenvalue weighted by atomic mass is 10.2. The molecule has 7 heteroatoms. The largest absolute Gasteiger partial charge is 0.369 e. The number of unbranched alkanes of at least 4 members (excludes halogenated alkanes) is 1. The van der Waals surface area contributed by atoms with Gasteiger partial charge in [-0.1, -0.05) is 31.5 Å². The number of primary amides is 1. The highest BCUT2D eigenvalue weighted by molar-refractivity contribution is 7.89. The van der Waals surface area contributed by atoms with E-state index in [1.54, 1.807) is 18.2 Å². The first-order chi connectivity index (χ1) is 9.43. The molecule has 0 fully saturated rings. The highest BCUT2D eigenvalue weighted by Gasteiger charge is 2.27. The van der Waals surface area contributed by atoms with Crippen LogP contribution in [0.3, 0.4) is 0 Å². The van der Waals surface area contributed by atoms with E-state index in [0.717, 1.165) is 10.7 Å². The summed E-state index contributed by atoms with van der Waals surface area (Å²) >= 11 is 0. The van der Waals surface area contributed by atoms with E-state index in [2.05, 4.69) is 0 Å². The number of nitrogens with zero attached hydrogens (tertiary/aromatic N) is 1. The number of sulfonamides is 1.